The Morgan fingerprint density at radius 3 is 2.40 bits per heavy atom. The third kappa shape index (κ3) is 2.68. The number of aromatic nitrogens is 1. The van der Waals surface area contributed by atoms with Crippen LogP contribution in [-0.2, 0) is 6.42 Å². The van der Waals surface area contributed by atoms with Crippen molar-refractivity contribution in [3.05, 3.63) is 43.0 Å². The van der Waals surface area contributed by atoms with Crippen molar-refractivity contribution >= 4 is 51.4 Å². The van der Waals surface area contributed by atoms with Crippen LogP contribution in [0.1, 0.15) is 19.5 Å². The zero-order valence-electron chi connectivity index (χ0n) is 10.8. The number of fused-ring (bicyclic) bond motifs is 1. The zero-order chi connectivity index (χ0) is 15.0. The summed E-state index contributed by atoms with van der Waals surface area (Å²) in [6, 6.07) is 3.15. The number of hydrogen-bond acceptors (Lipinski definition) is 3. The lowest BCUT2D eigenvalue weighted by atomic mass is 10.0. The second kappa shape index (κ2) is 5.72. The standard InChI is InChI=1S/C13H11Cl3N2O2/c1-6(2)5-9-13(18(19)20)11(16)10-7(14)3-4-8(15)12(10)17-9/h3-4,6H,5H2,1-2H3. The van der Waals surface area contributed by atoms with E-state index in [1.165, 1.54) is 0 Å². The average Bonchev–Trinajstić information content (AvgIpc) is 2.32. The highest BCUT2D eigenvalue weighted by Gasteiger charge is 2.26. The van der Waals surface area contributed by atoms with Gasteiger partial charge in [-0.1, -0.05) is 48.7 Å². The van der Waals surface area contributed by atoms with Crippen LogP contribution in [0.25, 0.3) is 10.9 Å². The fourth-order valence-corrected chi connectivity index (χ4v) is 2.87. The predicted molar refractivity (Wildman–Crippen MR) is 82.0 cm³/mol. The lowest BCUT2D eigenvalue weighted by Gasteiger charge is -2.11. The first-order valence-corrected chi connectivity index (χ1v) is 7.06. The Morgan fingerprint density at radius 1 is 1.25 bits per heavy atom. The molecule has 0 saturated heterocycles. The second-order valence-corrected chi connectivity index (χ2v) is 6.02. The van der Waals surface area contributed by atoms with Gasteiger partial charge in [0.25, 0.3) is 0 Å². The van der Waals surface area contributed by atoms with Gasteiger partial charge < -0.3 is 0 Å². The van der Waals surface area contributed by atoms with Gasteiger partial charge in [0, 0.05) is 5.39 Å². The summed E-state index contributed by atoms with van der Waals surface area (Å²) in [5.41, 5.74) is 0.522. The van der Waals surface area contributed by atoms with E-state index in [0.717, 1.165) is 0 Å². The Bertz CT molecular complexity index is 702. The van der Waals surface area contributed by atoms with Crippen LogP contribution in [0.4, 0.5) is 5.69 Å². The lowest BCUT2D eigenvalue weighted by molar-refractivity contribution is -0.385. The Hall–Kier alpha value is -1.10. The molecule has 0 N–H and O–H groups in total. The molecule has 2 aromatic rings. The van der Waals surface area contributed by atoms with Crippen LogP contribution in [0.2, 0.25) is 15.1 Å². The van der Waals surface area contributed by atoms with Gasteiger partial charge in [-0.2, -0.15) is 0 Å². The maximum Gasteiger partial charge on any atom is 0.309 e. The molecule has 0 saturated carbocycles. The van der Waals surface area contributed by atoms with E-state index in [0.29, 0.717) is 33.1 Å². The van der Waals surface area contributed by atoms with Crippen molar-refractivity contribution in [2.24, 2.45) is 5.92 Å². The van der Waals surface area contributed by atoms with Gasteiger partial charge in [-0.25, -0.2) is 4.98 Å². The minimum Gasteiger partial charge on any atom is -0.258 e. The maximum atomic E-state index is 11.3. The largest absolute Gasteiger partial charge is 0.309 e. The first-order chi connectivity index (χ1) is 9.32. The molecule has 4 nitrogen and oxygen atoms in total. The molecular formula is C13H11Cl3N2O2. The van der Waals surface area contributed by atoms with Gasteiger partial charge in [-0.05, 0) is 24.5 Å². The first-order valence-electron chi connectivity index (χ1n) is 5.93. The Morgan fingerprint density at radius 2 is 1.85 bits per heavy atom. The third-order valence-electron chi connectivity index (χ3n) is 2.81. The van der Waals surface area contributed by atoms with E-state index in [1.54, 1.807) is 12.1 Å². The van der Waals surface area contributed by atoms with Crippen molar-refractivity contribution in [2.75, 3.05) is 0 Å². The fraction of sp³-hybridized carbons (Fsp3) is 0.308. The van der Waals surface area contributed by atoms with Crippen LogP contribution in [0.5, 0.6) is 0 Å². The van der Waals surface area contributed by atoms with E-state index < -0.39 is 4.92 Å². The summed E-state index contributed by atoms with van der Waals surface area (Å²) in [6.45, 7) is 3.90. The van der Waals surface area contributed by atoms with E-state index in [-0.39, 0.29) is 16.6 Å². The summed E-state index contributed by atoms with van der Waals surface area (Å²) in [4.78, 5) is 15.1. The Kier molecular flexibility index (Phi) is 4.37. The van der Waals surface area contributed by atoms with Gasteiger partial charge in [0.1, 0.15) is 10.7 Å². The molecule has 1 heterocycles. The summed E-state index contributed by atoms with van der Waals surface area (Å²) >= 11 is 18.3. The lowest BCUT2D eigenvalue weighted by Crippen LogP contribution is -2.04. The Balaban J connectivity index is 2.89. The summed E-state index contributed by atoms with van der Waals surface area (Å²) in [5.74, 6) is 0.202. The molecule has 0 radical (unpaired) electrons. The molecule has 0 fully saturated rings. The van der Waals surface area contributed by atoms with Crippen LogP contribution in [0.15, 0.2) is 12.1 Å². The molecule has 0 aliphatic rings. The molecule has 0 amide bonds. The molecule has 7 heteroatoms. The van der Waals surface area contributed by atoms with Crippen LogP contribution >= 0.6 is 34.8 Å². The summed E-state index contributed by atoms with van der Waals surface area (Å²) in [5, 5.41) is 12.2. The highest BCUT2D eigenvalue weighted by molar-refractivity contribution is 6.45. The number of halogens is 3. The normalized spacial score (nSPS) is 11.3. The molecule has 20 heavy (non-hydrogen) atoms. The number of rotatable bonds is 3. The van der Waals surface area contributed by atoms with E-state index in [4.69, 9.17) is 34.8 Å². The number of nitrogens with zero attached hydrogens (tertiary/aromatic N) is 2. The second-order valence-electron chi connectivity index (χ2n) is 4.83. The van der Waals surface area contributed by atoms with Gasteiger partial charge in [0.05, 0.1) is 20.5 Å². The topological polar surface area (TPSA) is 56.0 Å². The number of hydrogen-bond donors (Lipinski definition) is 0. The van der Waals surface area contributed by atoms with E-state index in [9.17, 15) is 10.1 Å². The van der Waals surface area contributed by atoms with Gasteiger partial charge in [0.15, 0.2) is 0 Å². The van der Waals surface area contributed by atoms with Crippen molar-refractivity contribution in [1.82, 2.24) is 4.98 Å². The van der Waals surface area contributed by atoms with Crippen molar-refractivity contribution < 1.29 is 4.92 Å². The minimum atomic E-state index is -0.524. The molecular weight excluding hydrogens is 323 g/mol. The van der Waals surface area contributed by atoms with Gasteiger partial charge in [0.2, 0.25) is 0 Å². The molecule has 0 bridgehead atoms. The minimum absolute atomic E-state index is 0.0110. The molecule has 1 aromatic heterocycles. The zero-order valence-corrected chi connectivity index (χ0v) is 13.1. The monoisotopic (exact) mass is 332 g/mol. The average molecular weight is 334 g/mol. The SMILES string of the molecule is CC(C)Cc1nc2c(Cl)ccc(Cl)c2c(Cl)c1[N+](=O)[O-]. The van der Waals surface area contributed by atoms with E-state index in [2.05, 4.69) is 4.98 Å². The summed E-state index contributed by atoms with van der Waals surface area (Å²) in [6.07, 6.45) is 0.439. The number of benzene rings is 1. The molecule has 106 valence electrons. The molecule has 0 spiro atoms. The molecule has 0 aliphatic carbocycles. The van der Waals surface area contributed by atoms with Crippen molar-refractivity contribution in [3.8, 4) is 0 Å². The van der Waals surface area contributed by atoms with Crippen LogP contribution in [-0.4, -0.2) is 9.91 Å². The smallest absolute Gasteiger partial charge is 0.258 e. The number of nitro groups is 1. The summed E-state index contributed by atoms with van der Waals surface area (Å²) < 4.78 is 0. The maximum absolute atomic E-state index is 11.3. The van der Waals surface area contributed by atoms with Gasteiger partial charge >= 0.3 is 5.69 Å². The van der Waals surface area contributed by atoms with Gasteiger partial charge in [-0.15, -0.1) is 0 Å². The van der Waals surface area contributed by atoms with Crippen molar-refractivity contribution in [3.63, 3.8) is 0 Å². The molecule has 1 aromatic carbocycles. The summed E-state index contributed by atoms with van der Waals surface area (Å²) in [7, 11) is 0. The molecule has 2 rings (SSSR count). The number of pyridine rings is 1. The molecule has 0 aliphatic heterocycles. The van der Waals surface area contributed by atoms with Crippen LogP contribution < -0.4 is 0 Å². The predicted octanol–water partition coefficient (Wildman–Crippen LogP) is 5.30. The van der Waals surface area contributed by atoms with Gasteiger partial charge in [-0.3, -0.25) is 10.1 Å². The third-order valence-corrected chi connectivity index (χ3v) is 3.80. The highest BCUT2D eigenvalue weighted by atomic mass is 35.5. The Labute approximate surface area is 130 Å². The van der Waals surface area contributed by atoms with E-state index >= 15 is 0 Å². The molecule has 0 unspecified atom stereocenters. The van der Waals surface area contributed by atoms with Crippen LogP contribution in [0, 0.1) is 16.0 Å². The van der Waals surface area contributed by atoms with Crippen molar-refractivity contribution in [1.29, 1.82) is 0 Å². The fourth-order valence-electron chi connectivity index (χ4n) is 2.01. The highest BCUT2D eigenvalue weighted by Crippen LogP contribution is 2.40. The quantitative estimate of drug-likeness (QED) is 0.565. The van der Waals surface area contributed by atoms with Crippen LogP contribution in [0.3, 0.4) is 0 Å². The van der Waals surface area contributed by atoms with E-state index in [1.807, 2.05) is 13.8 Å². The van der Waals surface area contributed by atoms with Crippen molar-refractivity contribution in [2.45, 2.75) is 20.3 Å². The molecule has 0 atom stereocenters. The first kappa shape index (κ1) is 15.3.